The SMILES string of the molecule is CCOc1ccc(/C=C/C(=O)Nc2ccc(N(C)C)cc2)cc1OCC. The Kier molecular flexibility index (Phi) is 7.09. The Morgan fingerprint density at radius 2 is 1.65 bits per heavy atom. The quantitative estimate of drug-likeness (QED) is 0.722. The standard InChI is InChI=1S/C21H26N2O3/c1-5-25-19-13-7-16(15-20(19)26-6-2)8-14-21(24)22-17-9-11-18(12-10-17)23(3)4/h7-15H,5-6H2,1-4H3,(H,22,24)/b14-8+. The van der Waals surface area contributed by atoms with Gasteiger partial charge < -0.3 is 19.7 Å². The molecule has 0 radical (unpaired) electrons. The Balaban J connectivity index is 2.03. The molecule has 0 saturated heterocycles. The molecule has 0 aliphatic rings. The lowest BCUT2D eigenvalue weighted by Gasteiger charge is -2.12. The lowest BCUT2D eigenvalue weighted by Crippen LogP contribution is -2.10. The summed E-state index contributed by atoms with van der Waals surface area (Å²) in [6, 6.07) is 13.3. The summed E-state index contributed by atoms with van der Waals surface area (Å²) in [6.07, 6.45) is 3.26. The van der Waals surface area contributed by atoms with Crippen molar-refractivity contribution in [1.82, 2.24) is 0 Å². The lowest BCUT2D eigenvalue weighted by molar-refractivity contribution is -0.111. The van der Waals surface area contributed by atoms with Crippen LogP contribution < -0.4 is 19.7 Å². The summed E-state index contributed by atoms with van der Waals surface area (Å²) < 4.78 is 11.1. The van der Waals surface area contributed by atoms with Gasteiger partial charge in [-0.25, -0.2) is 0 Å². The average molecular weight is 354 g/mol. The van der Waals surface area contributed by atoms with E-state index in [-0.39, 0.29) is 5.91 Å². The van der Waals surface area contributed by atoms with Gasteiger partial charge in [0.15, 0.2) is 11.5 Å². The molecule has 2 aromatic rings. The van der Waals surface area contributed by atoms with E-state index >= 15 is 0 Å². The van der Waals surface area contributed by atoms with Gasteiger partial charge in [0.25, 0.3) is 0 Å². The van der Waals surface area contributed by atoms with Gasteiger partial charge in [0.05, 0.1) is 13.2 Å². The summed E-state index contributed by atoms with van der Waals surface area (Å²) in [7, 11) is 3.95. The Morgan fingerprint density at radius 1 is 1.00 bits per heavy atom. The average Bonchev–Trinajstić information content (AvgIpc) is 2.62. The van der Waals surface area contributed by atoms with E-state index in [0.717, 1.165) is 16.9 Å². The molecule has 0 fully saturated rings. The zero-order chi connectivity index (χ0) is 18.9. The Hall–Kier alpha value is -2.95. The molecule has 5 heteroatoms. The maximum Gasteiger partial charge on any atom is 0.248 e. The number of rotatable bonds is 8. The third kappa shape index (κ3) is 5.55. The van der Waals surface area contributed by atoms with E-state index in [9.17, 15) is 4.79 Å². The summed E-state index contributed by atoms with van der Waals surface area (Å²) in [5.74, 6) is 1.20. The van der Waals surface area contributed by atoms with Crippen LogP contribution in [0.5, 0.6) is 11.5 Å². The second-order valence-electron chi connectivity index (χ2n) is 5.84. The third-order valence-electron chi connectivity index (χ3n) is 3.65. The maximum atomic E-state index is 12.1. The van der Waals surface area contributed by atoms with E-state index in [1.165, 1.54) is 6.08 Å². The minimum absolute atomic E-state index is 0.186. The maximum absolute atomic E-state index is 12.1. The number of nitrogens with one attached hydrogen (secondary N) is 1. The van der Waals surface area contributed by atoms with E-state index < -0.39 is 0 Å². The minimum atomic E-state index is -0.186. The number of amides is 1. The second-order valence-corrected chi connectivity index (χ2v) is 5.84. The summed E-state index contributed by atoms with van der Waals surface area (Å²) in [5.41, 5.74) is 2.71. The number of ether oxygens (including phenoxy) is 2. The summed E-state index contributed by atoms with van der Waals surface area (Å²) in [5, 5.41) is 2.85. The number of nitrogens with zero attached hydrogens (tertiary/aromatic N) is 1. The van der Waals surface area contributed by atoms with Crippen LogP contribution in [0.2, 0.25) is 0 Å². The van der Waals surface area contributed by atoms with Crippen molar-refractivity contribution in [2.45, 2.75) is 13.8 Å². The highest BCUT2D eigenvalue weighted by Gasteiger charge is 2.05. The molecule has 0 aromatic heterocycles. The topological polar surface area (TPSA) is 50.8 Å². The Morgan fingerprint density at radius 3 is 2.27 bits per heavy atom. The molecule has 0 aliphatic carbocycles. The van der Waals surface area contributed by atoms with Gasteiger partial charge >= 0.3 is 0 Å². The van der Waals surface area contributed by atoms with E-state index in [1.54, 1.807) is 6.08 Å². The molecular weight excluding hydrogens is 328 g/mol. The zero-order valence-electron chi connectivity index (χ0n) is 15.8. The smallest absolute Gasteiger partial charge is 0.248 e. The molecule has 0 atom stereocenters. The first kappa shape index (κ1) is 19.4. The number of carbonyl (C=O) groups is 1. The molecule has 2 aromatic carbocycles. The molecular formula is C21H26N2O3. The minimum Gasteiger partial charge on any atom is -0.490 e. The molecule has 2 rings (SSSR count). The van der Waals surface area contributed by atoms with Crippen LogP contribution in [-0.4, -0.2) is 33.2 Å². The lowest BCUT2D eigenvalue weighted by atomic mass is 10.2. The van der Waals surface area contributed by atoms with Crippen molar-refractivity contribution in [3.8, 4) is 11.5 Å². The molecule has 138 valence electrons. The van der Waals surface area contributed by atoms with Crippen LogP contribution in [0.15, 0.2) is 48.5 Å². The predicted octanol–water partition coefficient (Wildman–Crippen LogP) is 4.20. The van der Waals surface area contributed by atoms with Crippen LogP contribution in [0.3, 0.4) is 0 Å². The van der Waals surface area contributed by atoms with E-state index in [2.05, 4.69) is 5.32 Å². The predicted molar refractivity (Wildman–Crippen MR) is 107 cm³/mol. The first-order valence-corrected chi connectivity index (χ1v) is 8.69. The number of carbonyl (C=O) groups excluding carboxylic acids is 1. The Bertz CT molecular complexity index is 752. The zero-order valence-corrected chi connectivity index (χ0v) is 15.8. The highest BCUT2D eigenvalue weighted by molar-refractivity contribution is 6.02. The number of anilines is 2. The van der Waals surface area contributed by atoms with E-state index in [0.29, 0.717) is 24.7 Å². The number of hydrogen-bond acceptors (Lipinski definition) is 4. The number of hydrogen-bond donors (Lipinski definition) is 1. The van der Waals surface area contributed by atoms with Gasteiger partial charge in [0.1, 0.15) is 0 Å². The van der Waals surface area contributed by atoms with Crippen LogP contribution in [0.4, 0.5) is 11.4 Å². The van der Waals surface area contributed by atoms with Crippen molar-refractivity contribution in [2.75, 3.05) is 37.5 Å². The van der Waals surface area contributed by atoms with Crippen LogP contribution >= 0.6 is 0 Å². The molecule has 0 bridgehead atoms. The van der Waals surface area contributed by atoms with Crippen molar-refractivity contribution in [2.24, 2.45) is 0 Å². The highest BCUT2D eigenvalue weighted by Crippen LogP contribution is 2.29. The molecule has 5 nitrogen and oxygen atoms in total. The molecule has 0 saturated carbocycles. The van der Waals surface area contributed by atoms with Gasteiger partial charge in [-0.1, -0.05) is 6.07 Å². The van der Waals surface area contributed by atoms with Crippen molar-refractivity contribution < 1.29 is 14.3 Å². The molecule has 1 amide bonds. The van der Waals surface area contributed by atoms with Gasteiger partial charge in [-0.15, -0.1) is 0 Å². The first-order valence-electron chi connectivity index (χ1n) is 8.69. The van der Waals surface area contributed by atoms with Crippen LogP contribution in [-0.2, 0) is 4.79 Å². The van der Waals surface area contributed by atoms with Crippen LogP contribution in [0.25, 0.3) is 6.08 Å². The molecule has 0 aliphatic heterocycles. The summed E-state index contributed by atoms with van der Waals surface area (Å²) >= 11 is 0. The molecule has 1 N–H and O–H groups in total. The van der Waals surface area contributed by atoms with Gasteiger partial charge in [-0.05, 0) is 61.9 Å². The van der Waals surface area contributed by atoms with Gasteiger partial charge in [-0.2, -0.15) is 0 Å². The molecule has 0 spiro atoms. The van der Waals surface area contributed by atoms with Gasteiger partial charge in [0.2, 0.25) is 5.91 Å². The first-order chi connectivity index (χ1) is 12.5. The summed E-state index contributed by atoms with van der Waals surface area (Å²) in [4.78, 5) is 14.1. The summed E-state index contributed by atoms with van der Waals surface area (Å²) in [6.45, 7) is 4.98. The van der Waals surface area contributed by atoms with Crippen LogP contribution in [0.1, 0.15) is 19.4 Å². The second kappa shape index (κ2) is 9.51. The van der Waals surface area contributed by atoms with Crippen molar-refractivity contribution in [3.63, 3.8) is 0 Å². The molecule has 0 unspecified atom stereocenters. The molecule has 0 heterocycles. The van der Waals surface area contributed by atoms with Crippen molar-refractivity contribution in [1.29, 1.82) is 0 Å². The monoisotopic (exact) mass is 354 g/mol. The fourth-order valence-corrected chi connectivity index (χ4v) is 2.37. The van der Waals surface area contributed by atoms with Crippen LogP contribution in [0, 0.1) is 0 Å². The molecule has 26 heavy (non-hydrogen) atoms. The van der Waals surface area contributed by atoms with Gasteiger partial charge in [0, 0.05) is 31.5 Å². The largest absolute Gasteiger partial charge is 0.490 e. The van der Waals surface area contributed by atoms with Crippen molar-refractivity contribution >= 4 is 23.4 Å². The Labute approximate surface area is 155 Å². The van der Waals surface area contributed by atoms with E-state index in [4.69, 9.17) is 9.47 Å². The fourth-order valence-electron chi connectivity index (χ4n) is 2.37. The third-order valence-corrected chi connectivity index (χ3v) is 3.65. The number of benzene rings is 2. The highest BCUT2D eigenvalue weighted by atomic mass is 16.5. The van der Waals surface area contributed by atoms with Crippen molar-refractivity contribution in [3.05, 3.63) is 54.1 Å². The van der Waals surface area contributed by atoms with E-state index in [1.807, 2.05) is 75.3 Å². The normalized spacial score (nSPS) is 10.6. The van der Waals surface area contributed by atoms with Gasteiger partial charge in [-0.3, -0.25) is 4.79 Å². The fraction of sp³-hybridized carbons (Fsp3) is 0.286.